The summed E-state index contributed by atoms with van der Waals surface area (Å²) in [7, 11) is 0. The van der Waals surface area contributed by atoms with Crippen molar-refractivity contribution in [1.29, 1.82) is 0 Å². The average molecular weight is 285 g/mol. The zero-order chi connectivity index (χ0) is 13.1. The van der Waals surface area contributed by atoms with Gasteiger partial charge in [0.2, 0.25) is 5.82 Å². The van der Waals surface area contributed by atoms with Crippen LogP contribution in [0.1, 0.15) is 10.6 Å². The molecule has 6 nitrogen and oxygen atoms in total. The molecule has 0 aliphatic rings. The molecule has 0 unspecified atom stereocenters. The Morgan fingerprint density at radius 3 is 2.83 bits per heavy atom. The van der Waals surface area contributed by atoms with Gasteiger partial charge >= 0.3 is 5.69 Å². The first-order valence-electron chi connectivity index (χ1n) is 4.89. The van der Waals surface area contributed by atoms with E-state index < -0.39 is 11.6 Å². The number of benzene rings is 1. The minimum absolute atomic E-state index is 0.0786. The molecule has 0 bridgehead atoms. The SMILES string of the molecule is CSc1ccc(NC(=O)c2n[nH]c(=O)[nH]2)cc1Cl. The van der Waals surface area contributed by atoms with Crippen LogP contribution in [-0.4, -0.2) is 27.3 Å². The van der Waals surface area contributed by atoms with Crippen LogP contribution in [0.3, 0.4) is 0 Å². The molecular formula is C10H9ClN4O2S. The highest BCUT2D eigenvalue weighted by molar-refractivity contribution is 7.98. The van der Waals surface area contributed by atoms with Gasteiger partial charge in [0, 0.05) is 10.6 Å². The van der Waals surface area contributed by atoms with E-state index in [0.29, 0.717) is 10.7 Å². The second kappa shape index (κ2) is 5.28. The van der Waals surface area contributed by atoms with Crippen LogP contribution in [0.4, 0.5) is 5.69 Å². The Kier molecular flexibility index (Phi) is 3.73. The van der Waals surface area contributed by atoms with Crippen LogP contribution in [0, 0.1) is 0 Å². The molecule has 3 N–H and O–H groups in total. The molecule has 0 radical (unpaired) electrons. The van der Waals surface area contributed by atoms with E-state index in [4.69, 9.17) is 11.6 Å². The van der Waals surface area contributed by atoms with Crippen molar-refractivity contribution in [1.82, 2.24) is 15.2 Å². The Morgan fingerprint density at radius 2 is 2.28 bits per heavy atom. The molecule has 0 saturated carbocycles. The molecular weight excluding hydrogens is 276 g/mol. The molecule has 0 atom stereocenters. The normalized spacial score (nSPS) is 10.3. The van der Waals surface area contributed by atoms with Gasteiger partial charge in [0.25, 0.3) is 5.91 Å². The van der Waals surface area contributed by atoms with E-state index in [9.17, 15) is 9.59 Å². The first kappa shape index (κ1) is 12.7. The number of carbonyl (C=O) groups excluding carboxylic acids is 1. The van der Waals surface area contributed by atoms with Crippen LogP contribution in [-0.2, 0) is 0 Å². The number of halogens is 1. The summed E-state index contributed by atoms with van der Waals surface area (Å²) in [6.45, 7) is 0. The third-order valence-electron chi connectivity index (χ3n) is 2.13. The third-order valence-corrected chi connectivity index (χ3v) is 3.35. The monoisotopic (exact) mass is 284 g/mol. The maximum absolute atomic E-state index is 11.7. The van der Waals surface area contributed by atoms with Crippen molar-refractivity contribution < 1.29 is 4.79 Å². The lowest BCUT2D eigenvalue weighted by Crippen LogP contribution is -2.14. The third kappa shape index (κ3) is 2.74. The van der Waals surface area contributed by atoms with E-state index in [-0.39, 0.29) is 5.82 Å². The number of rotatable bonds is 3. The van der Waals surface area contributed by atoms with E-state index in [1.807, 2.05) is 6.26 Å². The fraction of sp³-hybridized carbons (Fsp3) is 0.100. The lowest BCUT2D eigenvalue weighted by molar-refractivity contribution is 0.101. The maximum atomic E-state index is 11.7. The summed E-state index contributed by atoms with van der Waals surface area (Å²) in [5.74, 6) is -0.591. The predicted octanol–water partition coefficient (Wildman–Crippen LogP) is 1.73. The highest BCUT2D eigenvalue weighted by Gasteiger charge is 2.10. The van der Waals surface area contributed by atoms with Crippen LogP contribution in [0.25, 0.3) is 0 Å². The minimum atomic E-state index is -0.532. The van der Waals surface area contributed by atoms with Gasteiger partial charge in [-0.05, 0) is 24.5 Å². The summed E-state index contributed by atoms with van der Waals surface area (Å²) < 4.78 is 0. The van der Waals surface area contributed by atoms with Crippen LogP contribution in [0.15, 0.2) is 27.9 Å². The van der Waals surface area contributed by atoms with Crippen molar-refractivity contribution in [2.75, 3.05) is 11.6 Å². The van der Waals surface area contributed by atoms with Crippen molar-refractivity contribution in [3.05, 3.63) is 39.5 Å². The van der Waals surface area contributed by atoms with Crippen molar-refractivity contribution in [2.24, 2.45) is 0 Å². The molecule has 2 rings (SSSR count). The number of H-pyrrole nitrogens is 2. The molecule has 1 amide bonds. The first-order valence-corrected chi connectivity index (χ1v) is 6.50. The number of nitrogens with zero attached hydrogens (tertiary/aromatic N) is 1. The number of hydrogen-bond donors (Lipinski definition) is 3. The number of aromatic amines is 2. The van der Waals surface area contributed by atoms with Crippen LogP contribution >= 0.6 is 23.4 Å². The maximum Gasteiger partial charge on any atom is 0.341 e. The van der Waals surface area contributed by atoms with Crippen LogP contribution in [0.2, 0.25) is 5.02 Å². The summed E-state index contributed by atoms with van der Waals surface area (Å²) in [5.41, 5.74) is 0.00237. The largest absolute Gasteiger partial charge is 0.341 e. The summed E-state index contributed by atoms with van der Waals surface area (Å²) in [4.78, 5) is 25.7. The number of carbonyl (C=O) groups is 1. The van der Waals surface area contributed by atoms with Gasteiger partial charge in [-0.2, -0.15) is 0 Å². The molecule has 0 saturated heterocycles. The summed E-state index contributed by atoms with van der Waals surface area (Å²) in [5, 5.41) is 8.77. The smallest absolute Gasteiger partial charge is 0.319 e. The molecule has 1 aromatic heterocycles. The number of aromatic nitrogens is 3. The fourth-order valence-corrected chi connectivity index (χ4v) is 2.18. The van der Waals surface area contributed by atoms with Crippen LogP contribution in [0.5, 0.6) is 0 Å². The van der Waals surface area contributed by atoms with Crippen molar-refractivity contribution >= 4 is 35.0 Å². The molecule has 1 heterocycles. The number of amides is 1. The van der Waals surface area contributed by atoms with Gasteiger partial charge in [-0.25, -0.2) is 9.89 Å². The first-order chi connectivity index (χ1) is 8.60. The Morgan fingerprint density at radius 1 is 1.50 bits per heavy atom. The zero-order valence-electron chi connectivity index (χ0n) is 9.28. The molecule has 8 heteroatoms. The summed E-state index contributed by atoms with van der Waals surface area (Å²) >= 11 is 7.52. The molecule has 2 aromatic rings. The average Bonchev–Trinajstić information content (AvgIpc) is 2.76. The fourth-order valence-electron chi connectivity index (χ4n) is 1.31. The molecule has 1 aromatic carbocycles. The Bertz CT molecular complexity index is 637. The van der Waals surface area contributed by atoms with Gasteiger partial charge in [0.1, 0.15) is 0 Å². The van der Waals surface area contributed by atoms with Gasteiger partial charge in [0.15, 0.2) is 0 Å². The highest BCUT2D eigenvalue weighted by Crippen LogP contribution is 2.27. The van der Waals surface area contributed by atoms with E-state index in [0.717, 1.165) is 4.90 Å². The number of hydrogen-bond acceptors (Lipinski definition) is 4. The molecule has 0 spiro atoms. The summed E-state index contributed by atoms with van der Waals surface area (Å²) in [6, 6.07) is 5.16. The second-order valence-electron chi connectivity index (χ2n) is 3.33. The van der Waals surface area contributed by atoms with E-state index >= 15 is 0 Å². The second-order valence-corrected chi connectivity index (χ2v) is 4.59. The number of thioether (sulfide) groups is 1. The van der Waals surface area contributed by atoms with E-state index in [1.54, 1.807) is 18.2 Å². The van der Waals surface area contributed by atoms with Gasteiger partial charge in [-0.15, -0.1) is 16.9 Å². The molecule has 0 aliphatic carbocycles. The number of nitrogens with one attached hydrogen (secondary N) is 3. The topological polar surface area (TPSA) is 90.6 Å². The van der Waals surface area contributed by atoms with Crippen molar-refractivity contribution in [2.45, 2.75) is 4.90 Å². The highest BCUT2D eigenvalue weighted by atomic mass is 35.5. The lowest BCUT2D eigenvalue weighted by atomic mass is 10.3. The van der Waals surface area contributed by atoms with Gasteiger partial charge in [0.05, 0.1) is 5.02 Å². The number of anilines is 1. The molecule has 18 heavy (non-hydrogen) atoms. The van der Waals surface area contributed by atoms with Gasteiger partial charge < -0.3 is 5.32 Å². The van der Waals surface area contributed by atoms with Gasteiger partial charge in [-0.1, -0.05) is 11.6 Å². The van der Waals surface area contributed by atoms with Crippen LogP contribution < -0.4 is 11.0 Å². The van der Waals surface area contributed by atoms with E-state index in [1.165, 1.54) is 11.8 Å². The van der Waals surface area contributed by atoms with Gasteiger partial charge in [-0.3, -0.25) is 9.78 Å². The lowest BCUT2D eigenvalue weighted by Gasteiger charge is -2.05. The Hall–Kier alpha value is -1.73. The molecule has 0 aliphatic heterocycles. The Labute approximate surface area is 111 Å². The molecule has 0 fully saturated rings. The Balaban J connectivity index is 2.17. The minimum Gasteiger partial charge on any atom is -0.319 e. The van der Waals surface area contributed by atoms with E-state index in [2.05, 4.69) is 20.5 Å². The zero-order valence-corrected chi connectivity index (χ0v) is 10.9. The van der Waals surface area contributed by atoms with Crippen molar-refractivity contribution in [3.8, 4) is 0 Å². The predicted molar refractivity (Wildman–Crippen MR) is 70.4 cm³/mol. The van der Waals surface area contributed by atoms with Crippen molar-refractivity contribution in [3.63, 3.8) is 0 Å². The summed E-state index contributed by atoms with van der Waals surface area (Å²) in [6.07, 6.45) is 1.91. The molecule has 94 valence electrons. The standard InChI is InChI=1S/C10H9ClN4O2S/c1-18-7-3-2-5(4-6(7)11)12-9(16)8-13-10(17)15-14-8/h2-4H,1H3,(H,12,16)(H2,13,14,15,17). The quantitative estimate of drug-likeness (QED) is 0.749.